The molecule has 0 fully saturated rings. The van der Waals surface area contributed by atoms with Crippen LogP contribution in [0.2, 0.25) is 15.1 Å². The maximum atomic E-state index is 14.6. The Morgan fingerprint density at radius 2 is 1.49 bits per heavy atom. The summed E-state index contributed by atoms with van der Waals surface area (Å²) >= 11 is 18.8. The van der Waals surface area contributed by atoms with Crippen LogP contribution in [0.4, 0.5) is 5.69 Å². The third kappa shape index (κ3) is 9.29. The number of aryl methyl sites for hydroxylation is 2. The van der Waals surface area contributed by atoms with E-state index in [1.54, 1.807) is 30.3 Å². The Morgan fingerprint density at radius 1 is 0.830 bits per heavy atom. The van der Waals surface area contributed by atoms with Gasteiger partial charge in [-0.15, -0.1) is 0 Å². The summed E-state index contributed by atoms with van der Waals surface area (Å²) in [5, 5.41) is 4.13. The average Bonchev–Trinajstić information content (AvgIpc) is 3.04. The Bertz CT molecular complexity index is 1820. The molecule has 0 bridgehead atoms. The minimum atomic E-state index is -4.26. The lowest BCUT2D eigenvalue weighted by molar-refractivity contribution is -0.140. The number of benzene rings is 4. The van der Waals surface area contributed by atoms with Gasteiger partial charge in [-0.2, -0.15) is 0 Å². The van der Waals surface area contributed by atoms with Crippen LogP contribution in [0.15, 0.2) is 95.9 Å². The number of halogens is 3. The zero-order valence-corrected chi connectivity index (χ0v) is 29.8. The van der Waals surface area contributed by atoms with Gasteiger partial charge in [0.15, 0.2) is 0 Å². The van der Waals surface area contributed by atoms with Gasteiger partial charge in [-0.3, -0.25) is 13.9 Å². The van der Waals surface area contributed by atoms with E-state index in [9.17, 15) is 18.0 Å². The number of amides is 2. The number of hydrogen-bond acceptors (Lipinski definition) is 4. The predicted octanol–water partition coefficient (Wildman–Crippen LogP) is 8.01. The molecule has 0 heterocycles. The number of hydrogen-bond donors (Lipinski definition) is 1. The van der Waals surface area contributed by atoms with Gasteiger partial charge in [0.1, 0.15) is 12.6 Å². The highest BCUT2D eigenvalue weighted by molar-refractivity contribution is 7.92. The smallest absolute Gasteiger partial charge is 0.264 e. The quantitative estimate of drug-likeness (QED) is 0.152. The van der Waals surface area contributed by atoms with Gasteiger partial charge in [-0.05, 0) is 98.0 Å². The van der Waals surface area contributed by atoms with Gasteiger partial charge in [0.2, 0.25) is 11.8 Å². The monoisotopic (exact) mass is 713 g/mol. The molecule has 0 saturated heterocycles. The van der Waals surface area contributed by atoms with Crippen LogP contribution < -0.4 is 9.62 Å². The summed E-state index contributed by atoms with van der Waals surface area (Å²) < 4.78 is 29.5. The zero-order valence-electron chi connectivity index (χ0n) is 26.7. The molecule has 4 aromatic carbocycles. The van der Waals surface area contributed by atoms with Crippen LogP contribution in [-0.4, -0.2) is 43.8 Å². The van der Waals surface area contributed by atoms with E-state index in [0.717, 1.165) is 21.0 Å². The summed E-state index contributed by atoms with van der Waals surface area (Å²) in [5.74, 6) is -0.952. The Morgan fingerprint density at radius 3 is 2.11 bits per heavy atom. The molecule has 0 unspecified atom stereocenters. The first kappa shape index (κ1) is 36.3. The normalized spacial score (nSPS) is 12.7. The highest BCUT2D eigenvalue weighted by Crippen LogP contribution is 2.29. The van der Waals surface area contributed by atoms with E-state index in [0.29, 0.717) is 32.7 Å². The SMILES string of the molecule is CC[C@@H](C)NC(=O)[C@@H](Cc1ccccc1)N(Cc1ccc(Cl)cc1Cl)C(=O)CN(c1ccc(C)c(C)c1)S(=O)(=O)c1ccc(Cl)cc1. The second-order valence-corrected chi connectivity index (χ2v) is 14.7. The summed E-state index contributed by atoms with van der Waals surface area (Å²) in [5.41, 5.74) is 3.51. The molecule has 0 spiro atoms. The van der Waals surface area contributed by atoms with Crippen molar-refractivity contribution in [3.8, 4) is 0 Å². The summed E-state index contributed by atoms with van der Waals surface area (Å²) in [6.45, 7) is 6.99. The highest BCUT2D eigenvalue weighted by Gasteiger charge is 2.35. The molecule has 248 valence electrons. The number of nitrogens with one attached hydrogen (secondary N) is 1. The maximum Gasteiger partial charge on any atom is 0.264 e. The molecule has 2 atom stereocenters. The van der Waals surface area contributed by atoms with Crippen LogP contribution >= 0.6 is 34.8 Å². The van der Waals surface area contributed by atoms with Crippen LogP contribution in [0.1, 0.15) is 42.5 Å². The summed E-state index contributed by atoms with van der Waals surface area (Å²) in [6.07, 6.45) is 0.869. The second-order valence-electron chi connectivity index (χ2n) is 11.5. The van der Waals surface area contributed by atoms with Crippen molar-refractivity contribution < 1.29 is 18.0 Å². The van der Waals surface area contributed by atoms with Gasteiger partial charge in [-0.1, -0.05) is 84.2 Å². The first-order valence-electron chi connectivity index (χ1n) is 15.2. The van der Waals surface area contributed by atoms with Crippen LogP contribution in [0.25, 0.3) is 0 Å². The maximum absolute atomic E-state index is 14.6. The van der Waals surface area contributed by atoms with Gasteiger partial charge in [0, 0.05) is 34.1 Å². The Balaban J connectivity index is 1.85. The molecular weight excluding hydrogens is 677 g/mol. The van der Waals surface area contributed by atoms with Crippen molar-refractivity contribution in [2.45, 2.75) is 64.1 Å². The predicted molar refractivity (Wildman–Crippen MR) is 191 cm³/mol. The van der Waals surface area contributed by atoms with Gasteiger partial charge < -0.3 is 10.2 Å². The molecular formula is C36H38Cl3N3O4S. The van der Waals surface area contributed by atoms with E-state index in [1.165, 1.54) is 29.2 Å². The molecule has 0 radical (unpaired) electrons. The first-order chi connectivity index (χ1) is 22.3. The van der Waals surface area contributed by atoms with Crippen molar-refractivity contribution in [3.05, 3.63) is 128 Å². The lowest BCUT2D eigenvalue weighted by atomic mass is 10.0. The zero-order chi connectivity index (χ0) is 34.3. The van der Waals surface area contributed by atoms with Gasteiger partial charge >= 0.3 is 0 Å². The molecule has 47 heavy (non-hydrogen) atoms. The number of anilines is 1. The van der Waals surface area contributed by atoms with Crippen LogP contribution in [0.3, 0.4) is 0 Å². The Hall–Kier alpha value is -3.56. The van der Waals surface area contributed by atoms with E-state index in [1.807, 2.05) is 64.1 Å². The molecule has 2 amide bonds. The highest BCUT2D eigenvalue weighted by atomic mass is 35.5. The van der Waals surface area contributed by atoms with E-state index < -0.39 is 28.5 Å². The van der Waals surface area contributed by atoms with Crippen molar-refractivity contribution in [3.63, 3.8) is 0 Å². The minimum Gasteiger partial charge on any atom is -0.352 e. The molecule has 11 heteroatoms. The van der Waals surface area contributed by atoms with Crippen LogP contribution in [0.5, 0.6) is 0 Å². The largest absolute Gasteiger partial charge is 0.352 e. The second kappa shape index (κ2) is 16.0. The third-order valence-corrected chi connectivity index (χ3v) is 10.7. The molecule has 0 aromatic heterocycles. The van der Waals surface area contributed by atoms with Gasteiger partial charge in [0.05, 0.1) is 10.6 Å². The number of carbonyl (C=O) groups excluding carboxylic acids is 2. The van der Waals surface area contributed by atoms with Crippen LogP contribution in [-0.2, 0) is 32.6 Å². The fourth-order valence-electron chi connectivity index (χ4n) is 4.97. The van der Waals surface area contributed by atoms with E-state index in [-0.39, 0.29) is 29.8 Å². The summed E-state index contributed by atoms with van der Waals surface area (Å²) in [6, 6.07) is 24.1. The van der Waals surface area contributed by atoms with Gasteiger partial charge in [0.25, 0.3) is 10.0 Å². The van der Waals surface area contributed by atoms with Crippen molar-refractivity contribution in [2.75, 3.05) is 10.8 Å². The molecule has 0 saturated carbocycles. The molecule has 1 N–H and O–H groups in total. The van der Waals surface area contributed by atoms with Crippen molar-refractivity contribution in [1.29, 1.82) is 0 Å². The molecule has 0 aliphatic rings. The lowest BCUT2D eigenvalue weighted by Gasteiger charge is -2.34. The van der Waals surface area contributed by atoms with Gasteiger partial charge in [-0.25, -0.2) is 8.42 Å². The minimum absolute atomic E-state index is 0.0319. The molecule has 0 aliphatic carbocycles. The topological polar surface area (TPSA) is 86.8 Å². The fourth-order valence-corrected chi connectivity index (χ4v) is 6.97. The van der Waals surface area contributed by atoms with Crippen molar-refractivity contribution in [1.82, 2.24) is 10.2 Å². The van der Waals surface area contributed by atoms with E-state index in [4.69, 9.17) is 34.8 Å². The molecule has 7 nitrogen and oxygen atoms in total. The first-order valence-corrected chi connectivity index (χ1v) is 17.8. The summed E-state index contributed by atoms with van der Waals surface area (Å²) in [4.78, 5) is 30.0. The Labute approximate surface area is 292 Å². The number of nitrogens with zero attached hydrogens (tertiary/aromatic N) is 2. The third-order valence-electron chi connectivity index (χ3n) is 8.09. The van der Waals surface area contributed by atoms with E-state index in [2.05, 4.69) is 5.32 Å². The van der Waals surface area contributed by atoms with Crippen molar-refractivity contribution in [2.24, 2.45) is 0 Å². The average molecular weight is 715 g/mol. The number of carbonyl (C=O) groups is 2. The molecule has 4 rings (SSSR count). The fraction of sp³-hybridized carbons (Fsp3) is 0.278. The van der Waals surface area contributed by atoms with E-state index >= 15 is 0 Å². The van der Waals surface area contributed by atoms with Crippen LogP contribution in [0, 0.1) is 13.8 Å². The Kier molecular flexibility index (Phi) is 12.4. The molecule has 4 aromatic rings. The standard InChI is InChI=1S/C36H38Cl3N3O4S/c1-5-26(4)40-36(44)34(20-27-9-7-6-8-10-27)41(22-28-12-13-30(38)21-33(28)39)35(43)23-42(31-16-11-24(2)25(3)19-31)47(45,46)32-17-14-29(37)15-18-32/h6-19,21,26,34H,5,20,22-23H2,1-4H3,(H,40,44)/t26-,34-/m1/s1. The number of sulfonamides is 1. The van der Waals surface area contributed by atoms with Crippen molar-refractivity contribution >= 4 is 62.3 Å². The number of rotatable bonds is 13. The lowest BCUT2D eigenvalue weighted by Crippen LogP contribution is -2.54. The molecule has 0 aliphatic heterocycles. The summed E-state index contributed by atoms with van der Waals surface area (Å²) in [7, 11) is -4.26.